The highest BCUT2D eigenvalue weighted by Crippen LogP contribution is 2.43. The summed E-state index contributed by atoms with van der Waals surface area (Å²) in [6, 6.07) is 5.99. The van der Waals surface area contributed by atoms with Crippen LogP contribution in [0, 0.1) is 17.2 Å². The zero-order valence-electron chi connectivity index (χ0n) is 16.6. The third kappa shape index (κ3) is 5.46. The Balaban J connectivity index is 2.36. The molecule has 2 atom stereocenters. The van der Waals surface area contributed by atoms with E-state index in [4.69, 9.17) is 9.47 Å². The summed E-state index contributed by atoms with van der Waals surface area (Å²) in [7, 11) is 0. The fraction of sp³-hybridized carbons (Fsp3) is 0.500. The van der Waals surface area contributed by atoms with Crippen molar-refractivity contribution in [3.63, 3.8) is 0 Å². The third-order valence-corrected chi connectivity index (χ3v) is 5.78. The number of allylic oxidation sites excluding steroid dienone is 1. The average Bonchev–Trinajstić information content (AvgIpc) is 3.12. The molecule has 0 N–H and O–H groups in total. The van der Waals surface area contributed by atoms with E-state index in [9.17, 15) is 14.9 Å². The van der Waals surface area contributed by atoms with E-state index < -0.39 is 23.4 Å². The van der Waals surface area contributed by atoms with E-state index in [2.05, 4.69) is 11.1 Å². The van der Waals surface area contributed by atoms with Crippen molar-refractivity contribution in [2.24, 2.45) is 10.9 Å². The van der Waals surface area contributed by atoms with Crippen LogP contribution in [0.3, 0.4) is 0 Å². The molecular formula is C20H24N2O4S2. The average molecular weight is 421 g/mol. The first kappa shape index (κ1) is 22.2. The Hall–Kier alpha value is -2.11. The summed E-state index contributed by atoms with van der Waals surface area (Å²) >= 11 is 2.63. The van der Waals surface area contributed by atoms with Crippen LogP contribution in [-0.2, 0) is 19.1 Å². The number of hydrogen-bond donors (Lipinski definition) is 0. The lowest BCUT2D eigenvalue weighted by atomic mass is 9.81. The smallest absolute Gasteiger partial charge is 0.316 e. The monoisotopic (exact) mass is 420 g/mol. The second kappa shape index (κ2) is 9.39. The molecule has 1 aliphatic heterocycles. The van der Waals surface area contributed by atoms with E-state index in [0.717, 1.165) is 16.6 Å². The lowest BCUT2D eigenvalue weighted by Crippen LogP contribution is -2.33. The number of thiophene rings is 1. The van der Waals surface area contributed by atoms with Gasteiger partial charge in [0.25, 0.3) is 0 Å². The number of thioether (sulfide) groups is 1. The van der Waals surface area contributed by atoms with Crippen LogP contribution in [0.1, 0.15) is 45.4 Å². The molecule has 1 aromatic heterocycles. The van der Waals surface area contributed by atoms with Crippen molar-refractivity contribution in [3.05, 3.63) is 33.0 Å². The lowest BCUT2D eigenvalue weighted by molar-refractivity contribution is -0.151. The molecule has 1 unspecified atom stereocenters. The Labute approximate surface area is 173 Å². The molecule has 6 nitrogen and oxygen atoms in total. The van der Waals surface area contributed by atoms with Gasteiger partial charge in [-0.05, 0) is 46.1 Å². The van der Waals surface area contributed by atoms with Crippen LogP contribution in [-0.4, -0.2) is 35.6 Å². The summed E-state index contributed by atoms with van der Waals surface area (Å²) < 4.78 is 10.6. The summed E-state index contributed by atoms with van der Waals surface area (Å²) in [6.45, 7) is 9.16. The van der Waals surface area contributed by atoms with E-state index in [-0.39, 0.29) is 18.3 Å². The van der Waals surface area contributed by atoms with Gasteiger partial charge in [0.05, 0.1) is 24.0 Å². The minimum atomic E-state index is -0.654. The molecule has 2 heterocycles. The molecule has 0 amide bonds. The van der Waals surface area contributed by atoms with Crippen LogP contribution < -0.4 is 0 Å². The fourth-order valence-electron chi connectivity index (χ4n) is 2.87. The molecule has 0 aromatic carbocycles. The summed E-state index contributed by atoms with van der Waals surface area (Å²) in [5, 5.41) is 12.2. The van der Waals surface area contributed by atoms with Crippen molar-refractivity contribution in [2.75, 3.05) is 12.4 Å². The standard InChI is InChI=1S/C20H24N2O4S2/c1-6-25-19(24)16-12(2)22-18(28-11-15(23)26-20(3,4)5)13(10-21)17(16)14-8-7-9-27-14/h7-9,16-17H,6,11H2,1-5H3/t16?,17-/m0/s1. The van der Waals surface area contributed by atoms with Crippen LogP contribution in [0.15, 0.2) is 33.1 Å². The third-order valence-electron chi connectivity index (χ3n) is 3.86. The minimum absolute atomic E-state index is 0.0375. The van der Waals surface area contributed by atoms with Crippen molar-refractivity contribution in [3.8, 4) is 6.07 Å². The van der Waals surface area contributed by atoms with E-state index in [1.807, 2.05) is 17.5 Å². The van der Waals surface area contributed by atoms with Crippen LogP contribution in [0.4, 0.5) is 0 Å². The predicted octanol–water partition coefficient (Wildman–Crippen LogP) is 4.30. The molecule has 150 valence electrons. The minimum Gasteiger partial charge on any atom is -0.465 e. The molecule has 0 saturated heterocycles. The van der Waals surface area contributed by atoms with Gasteiger partial charge in [-0.3, -0.25) is 9.59 Å². The van der Waals surface area contributed by atoms with Crippen molar-refractivity contribution >= 4 is 40.7 Å². The van der Waals surface area contributed by atoms with Gasteiger partial charge in [-0.2, -0.15) is 5.26 Å². The number of aliphatic imine (C=N–C) groups is 1. The lowest BCUT2D eigenvalue weighted by Gasteiger charge is -2.29. The summed E-state index contributed by atoms with van der Waals surface area (Å²) in [4.78, 5) is 30.0. The van der Waals surface area contributed by atoms with Crippen molar-refractivity contribution in [2.45, 2.75) is 46.1 Å². The molecule has 1 aliphatic rings. The highest BCUT2D eigenvalue weighted by Gasteiger charge is 2.41. The Kier molecular flexibility index (Phi) is 7.44. The summed E-state index contributed by atoms with van der Waals surface area (Å²) in [5.41, 5.74) is 0.367. The highest BCUT2D eigenvalue weighted by molar-refractivity contribution is 8.03. The van der Waals surface area contributed by atoms with E-state index in [0.29, 0.717) is 16.3 Å². The van der Waals surface area contributed by atoms with Crippen LogP contribution in [0.25, 0.3) is 0 Å². The number of carbonyl (C=O) groups excluding carboxylic acids is 2. The number of hydrogen-bond acceptors (Lipinski definition) is 8. The molecule has 0 radical (unpaired) electrons. The number of ether oxygens (including phenoxy) is 2. The second-order valence-corrected chi connectivity index (χ2v) is 9.13. The van der Waals surface area contributed by atoms with Gasteiger partial charge in [-0.1, -0.05) is 17.8 Å². The van der Waals surface area contributed by atoms with Gasteiger partial charge in [0.15, 0.2) is 0 Å². The van der Waals surface area contributed by atoms with Crippen molar-refractivity contribution < 1.29 is 19.1 Å². The van der Waals surface area contributed by atoms with Crippen molar-refractivity contribution in [1.82, 2.24) is 0 Å². The molecule has 0 aliphatic carbocycles. The summed E-state index contributed by atoms with van der Waals surface area (Å²) in [6.07, 6.45) is 0. The summed E-state index contributed by atoms with van der Waals surface area (Å²) in [5.74, 6) is -1.86. The molecule has 8 heteroatoms. The Morgan fingerprint density at radius 1 is 1.39 bits per heavy atom. The maximum Gasteiger partial charge on any atom is 0.316 e. The first-order valence-electron chi connectivity index (χ1n) is 8.92. The first-order valence-corrected chi connectivity index (χ1v) is 10.8. The number of nitrogens with zero attached hydrogens (tertiary/aromatic N) is 2. The highest BCUT2D eigenvalue weighted by atomic mass is 32.2. The normalized spacial score (nSPS) is 19.6. The Bertz CT molecular complexity index is 829. The quantitative estimate of drug-likeness (QED) is 0.638. The Morgan fingerprint density at radius 2 is 2.11 bits per heavy atom. The number of carbonyl (C=O) groups is 2. The van der Waals surface area contributed by atoms with Gasteiger partial charge in [0, 0.05) is 16.5 Å². The second-order valence-electron chi connectivity index (χ2n) is 7.18. The van der Waals surface area contributed by atoms with Gasteiger partial charge in [-0.15, -0.1) is 11.3 Å². The van der Waals surface area contributed by atoms with Crippen molar-refractivity contribution in [1.29, 1.82) is 5.26 Å². The van der Waals surface area contributed by atoms with Gasteiger partial charge in [0.2, 0.25) is 0 Å². The number of esters is 2. The molecule has 2 rings (SSSR count). The SMILES string of the molecule is CCOC(=O)C1C(C)=NC(SCC(=O)OC(C)(C)C)=C(C#N)[C@H]1c1cccs1. The first-order chi connectivity index (χ1) is 13.2. The topological polar surface area (TPSA) is 88.8 Å². The zero-order chi connectivity index (χ0) is 20.9. The van der Waals surface area contributed by atoms with E-state index in [1.165, 1.54) is 11.3 Å². The van der Waals surface area contributed by atoms with Crippen LogP contribution in [0.5, 0.6) is 0 Å². The zero-order valence-corrected chi connectivity index (χ0v) is 18.3. The number of rotatable bonds is 6. The largest absolute Gasteiger partial charge is 0.465 e. The van der Waals surface area contributed by atoms with Crippen LogP contribution >= 0.6 is 23.1 Å². The fourth-order valence-corrected chi connectivity index (χ4v) is 4.59. The number of nitriles is 1. The molecule has 0 saturated carbocycles. The molecule has 0 fully saturated rings. The molecular weight excluding hydrogens is 396 g/mol. The maximum absolute atomic E-state index is 12.6. The predicted molar refractivity (Wildman–Crippen MR) is 111 cm³/mol. The van der Waals surface area contributed by atoms with Gasteiger partial charge in [-0.25, -0.2) is 4.99 Å². The molecule has 0 spiro atoms. The molecule has 1 aromatic rings. The molecule has 0 bridgehead atoms. The van der Waals surface area contributed by atoms with Crippen LogP contribution in [0.2, 0.25) is 0 Å². The maximum atomic E-state index is 12.6. The van der Waals surface area contributed by atoms with E-state index >= 15 is 0 Å². The Morgan fingerprint density at radius 3 is 2.64 bits per heavy atom. The molecule has 28 heavy (non-hydrogen) atoms. The van der Waals surface area contributed by atoms with Gasteiger partial charge in [0.1, 0.15) is 16.5 Å². The van der Waals surface area contributed by atoms with Gasteiger partial charge >= 0.3 is 11.9 Å². The van der Waals surface area contributed by atoms with E-state index in [1.54, 1.807) is 34.6 Å². The van der Waals surface area contributed by atoms with Gasteiger partial charge < -0.3 is 9.47 Å².